The summed E-state index contributed by atoms with van der Waals surface area (Å²) >= 11 is 0. The Hall–Kier alpha value is -1.05. The molecule has 8 heavy (non-hydrogen) atoms. The number of allylic oxidation sites excluding steroid dienone is 1. The molecule has 0 bridgehead atoms. The molecular formula is C6H7N2. The summed E-state index contributed by atoms with van der Waals surface area (Å²) in [5.74, 6) is 0. The Labute approximate surface area is 48.4 Å². The number of hydrogen-bond donors (Lipinski definition) is 0. The molecule has 0 aliphatic heterocycles. The standard InChI is InChI=1S/C6H7N2/c1-2-5-8-6-3-4-7-8/h2-3,6H,1,5H2. The second-order valence-corrected chi connectivity index (χ2v) is 1.46. The average Bonchev–Trinajstić information content (AvgIpc) is 2.19. The quantitative estimate of drug-likeness (QED) is 0.513. The van der Waals surface area contributed by atoms with Crippen LogP contribution in [0.25, 0.3) is 0 Å². The summed E-state index contributed by atoms with van der Waals surface area (Å²) in [4.78, 5) is 0. The molecule has 1 aromatic rings. The summed E-state index contributed by atoms with van der Waals surface area (Å²) in [5.41, 5.74) is 0. The smallest absolute Gasteiger partial charge is 0.113 e. The van der Waals surface area contributed by atoms with E-state index in [4.69, 9.17) is 0 Å². The third kappa shape index (κ3) is 0.964. The maximum atomic E-state index is 3.83. The van der Waals surface area contributed by atoms with E-state index in [1.807, 2.05) is 6.20 Å². The Balaban J connectivity index is 2.62. The molecule has 0 aliphatic carbocycles. The topological polar surface area (TPSA) is 17.8 Å². The maximum absolute atomic E-state index is 3.83. The van der Waals surface area contributed by atoms with Gasteiger partial charge in [-0.05, 0) is 6.07 Å². The Bertz CT molecular complexity index is 153. The van der Waals surface area contributed by atoms with Crippen LogP contribution in [0.5, 0.6) is 0 Å². The van der Waals surface area contributed by atoms with E-state index in [0.717, 1.165) is 6.54 Å². The summed E-state index contributed by atoms with van der Waals surface area (Å²) in [5, 5.41) is 3.83. The van der Waals surface area contributed by atoms with Crippen molar-refractivity contribution >= 4 is 0 Å². The van der Waals surface area contributed by atoms with E-state index in [-0.39, 0.29) is 0 Å². The number of rotatable bonds is 2. The Morgan fingerprint density at radius 1 is 1.88 bits per heavy atom. The fourth-order valence-electron chi connectivity index (χ4n) is 0.494. The molecule has 0 saturated heterocycles. The van der Waals surface area contributed by atoms with Gasteiger partial charge in [0.25, 0.3) is 0 Å². The van der Waals surface area contributed by atoms with Crippen LogP contribution in [-0.4, -0.2) is 9.78 Å². The molecule has 1 rings (SSSR count). The van der Waals surface area contributed by atoms with E-state index in [2.05, 4.69) is 17.9 Å². The third-order valence-corrected chi connectivity index (χ3v) is 0.823. The molecule has 2 nitrogen and oxygen atoms in total. The van der Waals surface area contributed by atoms with Crippen molar-refractivity contribution in [3.05, 3.63) is 31.1 Å². The molecule has 1 aromatic heterocycles. The second kappa shape index (κ2) is 2.31. The molecule has 1 radical (unpaired) electrons. The van der Waals surface area contributed by atoms with Crippen molar-refractivity contribution in [1.82, 2.24) is 9.78 Å². The van der Waals surface area contributed by atoms with E-state index < -0.39 is 0 Å². The Kier molecular flexibility index (Phi) is 1.47. The first-order valence-corrected chi connectivity index (χ1v) is 2.44. The summed E-state index contributed by atoms with van der Waals surface area (Å²) < 4.78 is 1.76. The van der Waals surface area contributed by atoms with Gasteiger partial charge < -0.3 is 0 Å². The molecule has 41 valence electrons. The zero-order valence-electron chi connectivity index (χ0n) is 4.54. The zero-order valence-corrected chi connectivity index (χ0v) is 4.54. The van der Waals surface area contributed by atoms with Crippen molar-refractivity contribution in [2.75, 3.05) is 0 Å². The largest absolute Gasteiger partial charge is 0.268 e. The van der Waals surface area contributed by atoms with Crippen LogP contribution in [0.2, 0.25) is 0 Å². The first kappa shape index (κ1) is 5.09. The molecule has 0 atom stereocenters. The van der Waals surface area contributed by atoms with Gasteiger partial charge in [0.15, 0.2) is 0 Å². The molecule has 0 aliphatic rings. The van der Waals surface area contributed by atoms with Gasteiger partial charge in [-0.2, -0.15) is 5.10 Å². The minimum absolute atomic E-state index is 0.767. The molecule has 0 saturated carbocycles. The summed E-state index contributed by atoms with van der Waals surface area (Å²) in [7, 11) is 0. The van der Waals surface area contributed by atoms with Gasteiger partial charge in [0.05, 0.1) is 6.54 Å². The molecule has 0 fully saturated rings. The first-order chi connectivity index (χ1) is 3.93. The van der Waals surface area contributed by atoms with Crippen LogP contribution in [0.15, 0.2) is 24.9 Å². The summed E-state index contributed by atoms with van der Waals surface area (Å²) in [6.45, 7) is 4.33. The lowest BCUT2D eigenvalue weighted by Crippen LogP contribution is -1.93. The fourth-order valence-corrected chi connectivity index (χ4v) is 0.494. The van der Waals surface area contributed by atoms with Crippen molar-refractivity contribution in [2.24, 2.45) is 0 Å². The van der Waals surface area contributed by atoms with Gasteiger partial charge in [0.2, 0.25) is 0 Å². The third-order valence-electron chi connectivity index (χ3n) is 0.823. The van der Waals surface area contributed by atoms with E-state index in [0.29, 0.717) is 0 Å². The molecule has 0 unspecified atom stereocenters. The van der Waals surface area contributed by atoms with Gasteiger partial charge in [-0.25, -0.2) is 0 Å². The lowest BCUT2D eigenvalue weighted by Gasteiger charge is -1.89. The average molecular weight is 107 g/mol. The first-order valence-electron chi connectivity index (χ1n) is 2.44. The second-order valence-electron chi connectivity index (χ2n) is 1.46. The highest BCUT2D eigenvalue weighted by molar-refractivity contribution is 4.78. The van der Waals surface area contributed by atoms with E-state index in [1.165, 1.54) is 0 Å². The van der Waals surface area contributed by atoms with Crippen molar-refractivity contribution in [3.63, 3.8) is 0 Å². The van der Waals surface area contributed by atoms with E-state index in [1.54, 1.807) is 16.8 Å². The van der Waals surface area contributed by atoms with Crippen LogP contribution in [-0.2, 0) is 6.54 Å². The fraction of sp³-hybridized carbons (Fsp3) is 0.167. The van der Waals surface area contributed by atoms with E-state index >= 15 is 0 Å². The molecule has 1 heterocycles. The SMILES string of the molecule is C=CCn1cc[c]n1. The van der Waals surface area contributed by atoms with Crippen LogP contribution in [0.1, 0.15) is 0 Å². The van der Waals surface area contributed by atoms with Crippen LogP contribution in [0.4, 0.5) is 0 Å². The predicted molar refractivity (Wildman–Crippen MR) is 31.3 cm³/mol. The minimum atomic E-state index is 0.767. The van der Waals surface area contributed by atoms with Crippen LogP contribution in [0.3, 0.4) is 0 Å². The van der Waals surface area contributed by atoms with Crippen LogP contribution in [0, 0.1) is 6.20 Å². The van der Waals surface area contributed by atoms with Gasteiger partial charge in [-0.15, -0.1) is 6.58 Å². The highest BCUT2D eigenvalue weighted by Crippen LogP contribution is 1.81. The predicted octanol–water partition coefficient (Wildman–Crippen LogP) is 0.869. The zero-order chi connectivity index (χ0) is 5.82. The summed E-state index contributed by atoms with van der Waals surface area (Å²) in [6.07, 6.45) is 6.32. The maximum Gasteiger partial charge on any atom is 0.113 e. The number of nitrogens with zero attached hydrogens (tertiary/aromatic N) is 2. The minimum Gasteiger partial charge on any atom is -0.268 e. The molecule has 0 spiro atoms. The van der Waals surface area contributed by atoms with Crippen LogP contribution < -0.4 is 0 Å². The Morgan fingerprint density at radius 2 is 2.75 bits per heavy atom. The van der Waals surface area contributed by atoms with Gasteiger partial charge in [0.1, 0.15) is 6.20 Å². The molecular weight excluding hydrogens is 100 g/mol. The highest BCUT2D eigenvalue weighted by Gasteiger charge is 1.80. The monoisotopic (exact) mass is 107 g/mol. The Morgan fingerprint density at radius 3 is 3.25 bits per heavy atom. The van der Waals surface area contributed by atoms with Crippen molar-refractivity contribution in [2.45, 2.75) is 6.54 Å². The van der Waals surface area contributed by atoms with Gasteiger partial charge in [-0.1, -0.05) is 6.08 Å². The van der Waals surface area contributed by atoms with Crippen molar-refractivity contribution in [1.29, 1.82) is 0 Å². The molecule has 0 N–H and O–H groups in total. The van der Waals surface area contributed by atoms with E-state index in [9.17, 15) is 0 Å². The normalized spacial score (nSPS) is 9.00. The van der Waals surface area contributed by atoms with Gasteiger partial charge >= 0.3 is 0 Å². The highest BCUT2D eigenvalue weighted by atomic mass is 15.3. The number of hydrogen-bond acceptors (Lipinski definition) is 1. The lowest BCUT2D eigenvalue weighted by molar-refractivity contribution is 0.701. The van der Waals surface area contributed by atoms with Crippen LogP contribution >= 0.6 is 0 Å². The van der Waals surface area contributed by atoms with Crippen molar-refractivity contribution < 1.29 is 0 Å². The summed E-state index contributed by atoms with van der Waals surface area (Å²) in [6, 6.07) is 1.77. The van der Waals surface area contributed by atoms with Crippen molar-refractivity contribution in [3.8, 4) is 0 Å². The van der Waals surface area contributed by atoms with Gasteiger partial charge in [-0.3, -0.25) is 4.68 Å². The van der Waals surface area contributed by atoms with Gasteiger partial charge in [0, 0.05) is 6.20 Å². The lowest BCUT2D eigenvalue weighted by atomic mass is 10.6. The molecule has 0 aromatic carbocycles. The molecule has 0 amide bonds. The molecule has 2 heteroatoms. The number of aromatic nitrogens is 2.